The third-order valence-electron chi connectivity index (χ3n) is 6.49. The maximum absolute atomic E-state index is 14.1. The third kappa shape index (κ3) is 8.45. The molecule has 0 fully saturated rings. The van der Waals surface area contributed by atoms with Gasteiger partial charge in [-0.2, -0.15) is 0 Å². The molecule has 0 saturated heterocycles. The zero-order valence-corrected chi connectivity index (χ0v) is 25.8. The van der Waals surface area contributed by atoms with Crippen LogP contribution >= 0.6 is 11.6 Å². The molecular weight excluding hydrogens is 581 g/mol. The van der Waals surface area contributed by atoms with Gasteiger partial charge in [0.25, 0.3) is 10.0 Å². The van der Waals surface area contributed by atoms with Gasteiger partial charge >= 0.3 is 0 Å². The van der Waals surface area contributed by atoms with Gasteiger partial charge in [-0.05, 0) is 79.4 Å². The van der Waals surface area contributed by atoms with Gasteiger partial charge < -0.3 is 15.0 Å². The van der Waals surface area contributed by atoms with Crippen LogP contribution in [0.1, 0.15) is 39.7 Å². The van der Waals surface area contributed by atoms with Crippen LogP contribution in [0.25, 0.3) is 0 Å². The van der Waals surface area contributed by atoms with Crippen LogP contribution in [0.5, 0.6) is 5.75 Å². The number of nitrogens with one attached hydrogen (secondary N) is 1. The maximum atomic E-state index is 14.1. The summed E-state index contributed by atoms with van der Waals surface area (Å²) in [5.74, 6) is -0.835. The molecule has 0 aliphatic carbocycles. The molecule has 42 heavy (non-hydrogen) atoms. The predicted molar refractivity (Wildman–Crippen MR) is 162 cm³/mol. The molecule has 0 saturated carbocycles. The molecule has 1 N–H and O–H groups in total. The summed E-state index contributed by atoms with van der Waals surface area (Å²) in [4.78, 5) is 28.6. The van der Waals surface area contributed by atoms with E-state index >= 15 is 0 Å². The van der Waals surface area contributed by atoms with Crippen LogP contribution in [0, 0.1) is 11.7 Å². The van der Waals surface area contributed by atoms with Gasteiger partial charge in [-0.1, -0.05) is 50.6 Å². The van der Waals surface area contributed by atoms with E-state index in [1.165, 1.54) is 17.0 Å². The molecular formula is C31H37ClFN3O5S. The topological polar surface area (TPSA) is 96.0 Å². The smallest absolute Gasteiger partial charge is 0.264 e. The normalized spacial score (nSPS) is 12.1. The van der Waals surface area contributed by atoms with Gasteiger partial charge in [0.2, 0.25) is 11.8 Å². The molecule has 0 heterocycles. The second kappa shape index (κ2) is 15.0. The third-order valence-corrected chi connectivity index (χ3v) is 8.64. The van der Waals surface area contributed by atoms with E-state index in [4.69, 9.17) is 16.3 Å². The van der Waals surface area contributed by atoms with Gasteiger partial charge in [0.15, 0.2) is 0 Å². The van der Waals surface area contributed by atoms with Crippen molar-refractivity contribution in [1.29, 1.82) is 0 Å². The number of halogens is 2. The Kier molecular flexibility index (Phi) is 11.8. The van der Waals surface area contributed by atoms with Crippen molar-refractivity contribution in [2.45, 2.75) is 51.6 Å². The van der Waals surface area contributed by atoms with Gasteiger partial charge in [-0.25, -0.2) is 12.8 Å². The van der Waals surface area contributed by atoms with Crippen molar-refractivity contribution in [2.75, 3.05) is 24.0 Å². The minimum atomic E-state index is -4.33. The highest BCUT2D eigenvalue weighted by Crippen LogP contribution is 2.27. The largest absolute Gasteiger partial charge is 0.494 e. The standard InChI is InChI=1S/C31H37ClFN3O5S/c1-5-29(31(38)34-19-22(3)4)35(20-23-9-7-8-10-28(23)32)30(37)21-36(25-13-15-26(16-14-25)41-6-2)42(39,40)27-17-11-24(33)12-18-27/h7-18,22,29H,5-6,19-21H2,1-4H3,(H,34,38). The Labute approximate surface area is 252 Å². The van der Waals surface area contributed by atoms with E-state index < -0.39 is 34.3 Å². The van der Waals surface area contributed by atoms with Crippen molar-refractivity contribution in [3.8, 4) is 5.75 Å². The van der Waals surface area contributed by atoms with Crippen LogP contribution in [-0.4, -0.2) is 50.9 Å². The molecule has 0 bridgehead atoms. The molecule has 226 valence electrons. The van der Waals surface area contributed by atoms with E-state index in [1.807, 2.05) is 20.8 Å². The first kappa shape index (κ1) is 32.9. The molecule has 1 atom stereocenters. The van der Waals surface area contributed by atoms with Crippen molar-refractivity contribution in [3.63, 3.8) is 0 Å². The number of carbonyl (C=O) groups excluding carboxylic acids is 2. The fourth-order valence-electron chi connectivity index (χ4n) is 4.29. The number of carbonyl (C=O) groups is 2. The fourth-order valence-corrected chi connectivity index (χ4v) is 5.90. The number of benzene rings is 3. The van der Waals surface area contributed by atoms with Crippen LogP contribution in [0.3, 0.4) is 0 Å². The van der Waals surface area contributed by atoms with Gasteiger partial charge in [-0.15, -0.1) is 0 Å². The summed E-state index contributed by atoms with van der Waals surface area (Å²) >= 11 is 6.42. The van der Waals surface area contributed by atoms with Crippen LogP contribution in [0.2, 0.25) is 5.02 Å². The summed E-state index contributed by atoms with van der Waals surface area (Å²) in [6, 6.07) is 16.7. The summed E-state index contributed by atoms with van der Waals surface area (Å²) in [6.45, 7) is 7.74. The molecule has 0 aliphatic rings. The molecule has 3 rings (SSSR count). The number of anilines is 1. The van der Waals surface area contributed by atoms with Crippen LogP contribution < -0.4 is 14.4 Å². The van der Waals surface area contributed by atoms with E-state index in [0.717, 1.165) is 28.6 Å². The monoisotopic (exact) mass is 617 g/mol. The first-order chi connectivity index (χ1) is 20.0. The Bertz CT molecular complexity index is 1450. The van der Waals surface area contributed by atoms with Crippen LogP contribution in [-0.2, 0) is 26.2 Å². The van der Waals surface area contributed by atoms with Crippen molar-refractivity contribution in [1.82, 2.24) is 10.2 Å². The number of hydrogen-bond acceptors (Lipinski definition) is 5. The Morgan fingerprint density at radius 2 is 1.62 bits per heavy atom. The Hall–Kier alpha value is -3.63. The molecule has 0 radical (unpaired) electrons. The molecule has 11 heteroatoms. The number of ether oxygens (including phenoxy) is 1. The quantitative estimate of drug-likeness (QED) is 0.252. The SMILES string of the molecule is CCOc1ccc(N(CC(=O)N(Cc2ccccc2Cl)C(CC)C(=O)NCC(C)C)S(=O)(=O)c2ccc(F)cc2)cc1. The van der Waals surface area contributed by atoms with Gasteiger partial charge in [0.1, 0.15) is 24.2 Å². The molecule has 1 unspecified atom stereocenters. The Morgan fingerprint density at radius 3 is 2.19 bits per heavy atom. The maximum Gasteiger partial charge on any atom is 0.264 e. The lowest BCUT2D eigenvalue weighted by molar-refractivity contribution is -0.140. The Balaban J connectivity index is 2.06. The van der Waals surface area contributed by atoms with E-state index in [9.17, 15) is 22.4 Å². The van der Waals surface area contributed by atoms with E-state index in [-0.39, 0.29) is 35.4 Å². The predicted octanol–water partition coefficient (Wildman–Crippen LogP) is 5.65. The number of rotatable bonds is 14. The molecule has 0 spiro atoms. The zero-order chi connectivity index (χ0) is 30.9. The lowest BCUT2D eigenvalue weighted by atomic mass is 10.1. The summed E-state index contributed by atoms with van der Waals surface area (Å²) in [6.07, 6.45) is 0.286. The Morgan fingerprint density at radius 1 is 0.976 bits per heavy atom. The van der Waals surface area contributed by atoms with Crippen LogP contribution in [0.4, 0.5) is 10.1 Å². The first-order valence-electron chi connectivity index (χ1n) is 13.8. The fraction of sp³-hybridized carbons (Fsp3) is 0.355. The minimum Gasteiger partial charge on any atom is -0.494 e. The molecule has 3 aromatic rings. The molecule has 0 aliphatic heterocycles. The van der Waals surface area contributed by atoms with Crippen molar-refractivity contribution in [2.24, 2.45) is 5.92 Å². The van der Waals surface area contributed by atoms with Crippen molar-refractivity contribution < 1.29 is 27.1 Å². The second-order valence-corrected chi connectivity index (χ2v) is 12.3. The first-order valence-corrected chi connectivity index (χ1v) is 15.6. The highest BCUT2D eigenvalue weighted by molar-refractivity contribution is 7.92. The average molecular weight is 618 g/mol. The number of nitrogens with zero attached hydrogens (tertiary/aromatic N) is 2. The molecule has 3 aromatic carbocycles. The van der Waals surface area contributed by atoms with E-state index in [1.54, 1.807) is 43.3 Å². The highest BCUT2D eigenvalue weighted by atomic mass is 35.5. The molecule has 2 amide bonds. The minimum absolute atomic E-state index is 0.0141. The number of amides is 2. The van der Waals surface area contributed by atoms with Gasteiger partial charge in [-0.3, -0.25) is 13.9 Å². The van der Waals surface area contributed by atoms with Crippen molar-refractivity contribution in [3.05, 3.63) is 89.2 Å². The van der Waals surface area contributed by atoms with Gasteiger partial charge in [0.05, 0.1) is 17.2 Å². The molecule has 0 aromatic heterocycles. The van der Waals surface area contributed by atoms with Gasteiger partial charge in [0, 0.05) is 18.1 Å². The zero-order valence-electron chi connectivity index (χ0n) is 24.2. The number of sulfonamides is 1. The summed E-state index contributed by atoms with van der Waals surface area (Å²) < 4.78 is 47.9. The lowest BCUT2D eigenvalue weighted by Gasteiger charge is -2.33. The lowest BCUT2D eigenvalue weighted by Crippen LogP contribution is -2.52. The highest BCUT2D eigenvalue weighted by Gasteiger charge is 2.34. The van der Waals surface area contributed by atoms with Crippen LogP contribution in [0.15, 0.2) is 77.7 Å². The average Bonchev–Trinajstić information content (AvgIpc) is 2.96. The summed E-state index contributed by atoms with van der Waals surface area (Å²) in [5, 5.41) is 3.30. The van der Waals surface area contributed by atoms with Crippen molar-refractivity contribution >= 4 is 39.1 Å². The van der Waals surface area contributed by atoms with E-state index in [2.05, 4.69) is 5.32 Å². The summed E-state index contributed by atoms with van der Waals surface area (Å²) in [7, 11) is -4.33. The molecule has 8 nitrogen and oxygen atoms in total. The van der Waals surface area contributed by atoms with E-state index in [0.29, 0.717) is 29.5 Å². The second-order valence-electron chi connectivity index (χ2n) is 10.1. The number of hydrogen-bond donors (Lipinski definition) is 1. The summed E-state index contributed by atoms with van der Waals surface area (Å²) in [5.41, 5.74) is 0.808.